The van der Waals surface area contributed by atoms with E-state index < -0.39 is 11.5 Å². The fourth-order valence-corrected chi connectivity index (χ4v) is 5.50. The van der Waals surface area contributed by atoms with Crippen LogP contribution in [0.1, 0.15) is 42.9 Å². The molecule has 5 nitrogen and oxygen atoms in total. The molecule has 3 aromatic rings. The Labute approximate surface area is 220 Å². The van der Waals surface area contributed by atoms with Gasteiger partial charge in [-0.25, -0.2) is 5.01 Å². The van der Waals surface area contributed by atoms with Crippen molar-refractivity contribution >= 4 is 46.3 Å². The number of Topliss-reactive ketones (excluding diaryl/α,β-unsaturated/α-hetero) is 1. The molecule has 0 unspecified atom stereocenters. The van der Waals surface area contributed by atoms with Crippen LogP contribution in [0.25, 0.3) is 0 Å². The summed E-state index contributed by atoms with van der Waals surface area (Å²) in [4.78, 5) is 27.2. The lowest BCUT2D eigenvalue weighted by molar-refractivity contribution is -0.127. The van der Waals surface area contributed by atoms with Crippen LogP contribution in [-0.2, 0) is 9.59 Å². The summed E-state index contributed by atoms with van der Waals surface area (Å²) in [5.41, 5.74) is 4.21. The maximum Gasteiger partial charge on any atom is 0.253 e. The molecule has 1 amide bonds. The Balaban J connectivity index is 1.77. The van der Waals surface area contributed by atoms with Gasteiger partial charge in [-0.3, -0.25) is 9.59 Å². The molecule has 0 radical (unpaired) electrons. The third kappa shape index (κ3) is 4.02. The van der Waals surface area contributed by atoms with Gasteiger partial charge in [-0.15, -0.1) is 0 Å². The number of halogens is 2. The molecule has 0 saturated heterocycles. The average Bonchev–Trinajstić information content (AvgIpc) is 3.24. The molecule has 0 aliphatic carbocycles. The molecular weight excluding hydrogens is 493 g/mol. The summed E-state index contributed by atoms with van der Waals surface area (Å²) in [5, 5.41) is 11.0. The fraction of sp³-hybridized carbons (Fsp3) is 0.207. The maximum atomic E-state index is 14.1. The maximum absolute atomic E-state index is 14.1. The highest BCUT2D eigenvalue weighted by molar-refractivity contribution is 6.31. The molecule has 5 rings (SSSR count). The molecule has 2 heterocycles. The monoisotopic (exact) mass is 517 g/mol. The second-order valence-corrected chi connectivity index (χ2v) is 10.2. The standard InChI is InChI=1S/C29H25Cl2N3O2/c1-17-4-6-21(7-5-17)27-26(19(3)35)18(2)32-28(36)29(27)16-25(20-8-10-22(30)11-9-20)33-34(29)24-14-12-23(31)13-15-24/h4-15,27H,16H2,1-3H3,(H,32,36)/t27-,29+/m0/s1. The van der Waals surface area contributed by atoms with Crippen LogP contribution in [0.5, 0.6) is 0 Å². The zero-order valence-electron chi connectivity index (χ0n) is 20.2. The number of amides is 1. The Hall–Kier alpha value is -3.41. The number of ketones is 1. The summed E-state index contributed by atoms with van der Waals surface area (Å²) >= 11 is 12.3. The van der Waals surface area contributed by atoms with Gasteiger partial charge >= 0.3 is 0 Å². The Bertz CT molecular complexity index is 1410. The van der Waals surface area contributed by atoms with E-state index in [-0.39, 0.29) is 11.7 Å². The number of rotatable bonds is 4. The fourth-order valence-electron chi connectivity index (χ4n) is 5.25. The van der Waals surface area contributed by atoms with Crippen LogP contribution in [0.4, 0.5) is 5.69 Å². The van der Waals surface area contributed by atoms with Crippen LogP contribution in [0.15, 0.2) is 89.2 Å². The predicted molar refractivity (Wildman–Crippen MR) is 145 cm³/mol. The van der Waals surface area contributed by atoms with Gasteiger partial charge in [0.1, 0.15) is 0 Å². The number of nitrogens with zero attached hydrogens (tertiary/aromatic N) is 2. The minimum absolute atomic E-state index is 0.0894. The molecule has 7 heteroatoms. The van der Waals surface area contributed by atoms with Crippen LogP contribution in [0, 0.1) is 6.92 Å². The van der Waals surface area contributed by atoms with Gasteiger partial charge in [0.05, 0.1) is 11.4 Å². The van der Waals surface area contributed by atoms with Crippen LogP contribution in [-0.4, -0.2) is 22.9 Å². The van der Waals surface area contributed by atoms with Crippen LogP contribution in [0.2, 0.25) is 10.0 Å². The van der Waals surface area contributed by atoms with E-state index in [1.165, 1.54) is 0 Å². The van der Waals surface area contributed by atoms with Crippen molar-refractivity contribution in [2.24, 2.45) is 5.10 Å². The molecule has 36 heavy (non-hydrogen) atoms. The number of hydrazone groups is 1. The van der Waals surface area contributed by atoms with Crippen molar-refractivity contribution in [3.05, 3.63) is 111 Å². The van der Waals surface area contributed by atoms with Gasteiger partial charge in [-0.1, -0.05) is 65.2 Å². The molecular formula is C29H25Cl2N3O2. The van der Waals surface area contributed by atoms with Crippen molar-refractivity contribution in [1.29, 1.82) is 0 Å². The molecule has 3 aromatic carbocycles. The molecule has 182 valence electrons. The van der Waals surface area contributed by atoms with Gasteiger partial charge in [-0.05, 0) is 68.3 Å². The number of aryl methyl sites for hydroxylation is 1. The summed E-state index contributed by atoms with van der Waals surface area (Å²) in [6.45, 7) is 5.34. The van der Waals surface area contributed by atoms with Crippen molar-refractivity contribution in [2.45, 2.75) is 38.6 Å². The predicted octanol–water partition coefficient (Wildman–Crippen LogP) is 6.43. The third-order valence-corrected chi connectivity index (χ3v) is 7.44. The minimum atomic E-state index is -1.21. The van der Waals surface area contributed by atoms with E-state index in [4.69, 9.17) is 28.3 Å². The van der Waals surface area contributed by atoms with Gasteiger partial charge in [0.25, 0.3) is 5.91 Å². The molecule has 0 aromatic heterocycles. The highest BCUT2D eigenvalue weighted by Gasteiger charge is 2.59. The van der Waals surface area contributed by atoms with Crippen molar-refractivity contribution < 1.29 is 9.59 Å². The first-order valence-corrected chi connectivity index (χ1v) is 12.5. The highest BCUT2D eigenvalue weighted by atomic mass is 35.5. The Morgan fingerprint density at radius 1 is 0.944 bits per heavy atom. The topological polar surface area (TPSA) is 61.8 Å². The van der Waals surface area contributed by atoms with Gasteiger partial charge in [-0.2, -0.15) is 5.10 Å². The Morgan fingerprint density at radius 2 is 1.53 bits per heavy atom. The molecule has 0 bridgehead atoms. The molecule has 1 N–H and O–H groups in total. The second kappa shape index (κ2) is 9.23. The second-order valence-electron chi connectivity index (χ2n) is 9.34. The van der Waals surface area contributed by atoms with Crippen LogP contribution >= 0.6 is 23.2 Å². The summed E-state index contributed by atoms with van der Waals surface area (Å²) < 4.78 is 0. The summed E-state index contributed by atoms with van der Waals surface area (Å²) in [6.07, 6.45) is 0.297. The zero-order valence-corrected chi connectivity index (χ0v) is 21.7. The number of allylic oxidation sites excluding steroid dienone is 1. The summed E-state index contributed by atoms with van der Waals surface area (Å²) in [5.74, 6) is -0.847. The van der Waals surface area contributed by atoms with E-state index >= 15 is 0 Å². The number of hydrogen-bond donors (Lipinski definition) is 1. The van der Waals surface area contributed by atoms with E-state index in [2.05, 4.69) is 5.32 Å². The van der Waals surface area contributed by atoms with Gasteiger partial charge < -0.3 is 5.32 Å². The van der Waals surface area contributed by atoms with Crippen molar-refractivity contribution in [3.8, 4) is 0 Å². The Morgan fingerprint density at radius 3 is 2.11 bits per heavy atom. The number of anilines is 1. The number of nitrogens with one attached hydrogen (secondary N) is 1. The lowest BCUT2D eigenvalue weighted by atomic mass is 9.67. The van der Waals surface area contributed by atoms with E-state index in [0.717, 1.165) is 22.4 Å². The van der Waals surface area contributed by atoms with E-state index in [0.29, 0.717) is 33.4 Å². The molecule has 0 saturated carbocycles. The van der Waals surface area contributed by atoms with Gasteiger partial charge in [0.2, 0.25) is 0 Å². The number of hydrogen-bond acceptors (Lipinski definition) is 4. The lowest BCUT2D eigenvalue weighted by Crippen LogP contribution is -2.62. The SMILES string of the molecule is CC(=O)C1=C(C)NC(=O)[C@@]2(CC(c3ccc(Cl)cc3)=NN2c2ccc(Cl)cc2)[C@H]1c1ccc(C)cc1. The van der Waals surface area contributed by atoms with E-state index in [9.17, 15) is 9.59 Å². The van der Waals surface area contributed by atoms with E-state index in [1.54, 1.807) is 43.1 Å². The van der Waals surface area contributed by atoms with Crippen molar-refractivity contribution in [3.63, 3.8) is 0 Å². The smallest absolute Gasteiger partial charge is 0.253 e. The quantitative estimate of drug-likeness (QED) is 0.433. The van der Waals surface area contributed by atoms with Crippen molar-refractivity contribution in [1.82, 2.24) is 5.32 Å². The number of benzene rings is 3. The van der Waals surface area contributed by atoms with Gasteiger partial charge in [0.15, 0.2) is 11.3 Å². The zero-order chi connectivity index (χ0) is 25.6. The van der Waals surface area contributed by atoms with Gasteiger partial charge in [0, 0.05) is 33.7 Å². The highest BCUT2D eigenvalue weighted by Crippen LogP contribution is 2.50. The molecule has 2 aliphatic rings. The molecule has 2 atom stereocenters. The first-order chi connectivity index (χ1) is 17.2. The van der Waals surface area contributed by atoms with Crippen LogP contribution in [0.3, 0.4) is 0 Å². The lowest BCUT2D eigenvalue weighted by Gasteiger charge is -2.46. The third-order valence-electron chi connectivity index (χ3n) is 6.94. The minimum Gasteiger partial charge on any atom is -0.327 e. The number of carbonyl (C=O) groups is 2. The average molecular weight is 518 g/mol. The first kappa shape index (κ1) is 24.3. The normalized spacial score (nSPS) is 21.6. The first-order valence-electron chi connectivity index (χ1n) is 11.7. The summed E-state index contributed by atoms with van der Waals surface area (Å²) in [7, 11) is 0. The van der Waals surface area contributed by atoms with Crippen molar-refractivity contribution in [2.75, 3.05) is 5.01 Å². The largest absolute Gasteiger partial charge is 0.327 e. The van der Waals surface area contributed by atoms with E-state index in [1.807, 2.05) is 55.5 Å². The summed E-state index contributed by atoms with van der Waals surface area (Å²) in [6, 6.07) is 22.6. The molecule has 1 spiro atoms. The van der Waals surface area contributed by atoms with Crippen LogP contribution < -0.4 is 10.3 Å². The number of carbonyl (C=O) groups excluding carboxylic acids is 2. The Kier molecular flexibility index (Phi) is 6.23. The molecule has 2 aliphatic heterocycles. The molecule has 0 fully saturated rings.